The van der Waals surface area contributed by atoms with E-state index in [1.54, 1.807) is 17.7 Å². The molecule has 1 heterocycles. The number of benzene rings is 1. The maximum Gasteiger partial charge on any atom is 0.256 e. The molecule has 0 saturated heterocycles. The number of rotatable bonds is 4. The van der Waals surface area contributed by atoms with E-state index >= 15 is 0 Å². The molecule has 0 aliphatic heterocycles. The molecule has 0 atom stereocenters. The summed E-state index contributed by atoms with van der Waals surface area (Å²) in [5, 5.41) is 9.25. The van der Waals surface area contributed by atoms with Gasteiger partial charge in [-0.3, -0.25) is 4.79 Å². The predicted octanol–water partition coefficient (Wildman–Crippen LogP) is 2.60. The number of pyridine rings is 1. The summed E-state index contributed by atoms with van der Waals surface area (Å²) in [4.78, 5) is 12.4. The van der Waals surface area contributed by atoms with Crippen molar-refractivity contribution in [3.05, 3.63) is 52.3 Å². The number of methoxy groups -OCH3 is 1. The van der Waals surface area contributed by atoms with Crippen molar-refractivity contribution in [2.75, 3.05) is 7.11 Å². The van der Waals surface area contributed by atoms with Crippen LogP contribution in [0.1, 0.15) is 25.5 Å². The molecule has 0 radical (unpaired) electrons. The molecule has 0 fully saturated rings. The first-order valence-corrected chi connectivity index (χ1v) is 6.58. The van der Waals surface area contributed by atoms with Crippen LogP contribution in [-0.4, -0.2) is 16.8 Å². The Bertz CT molecular complexity index is 659. The Kier molecular flexibility index (Phi) is 4.25. The highest BCUT2D eigenvalue weighted by Gasteiger charge is 2.15. The summed E-state index contributed by atoms with van der Waals surface area (Å²) < 4.78 is 7.05. The van der Waals surface area contributed by atoms with Crippen molar-refractivity contribution in [1.29, 1.82) is 0 Å². The molecule has 0 saturated carbocycles. The van der Waals surface area contributed by atoms with Gasteiger partial charge in [0.1, 0.15) is 5.75 Å². The summed E-state index contributed by atoms with van der Waals surface area (Å²) in [6.07, 6.45) is 0. The van der Waals surface area contributed by atoms with Gasteiger partial charge in [-0.25, -0.2) is 0 Å². The number of hydrogen-bond donors (Lipinski definition) is 1. The van der Waals surface area contributed by atoms with Crippen LogP contribution in [0.25, 0.3) is 11.3 Å². The van der Waals surface area contributed by atoms with Gasteiger partial charge in [0.2, 0.25) is 0 Å². The molecule has 106 valence electrons. The minimum Gasteiger partial charge on any atom is -0.496 e. The number of para-hydroxylation sites is 1. The first-order valence-electron chi connectivity index (χ1n) is 6.58. The third kappa shape index (κ3) is 2.47. The Balaban J connectivity index is 2.74. The second-order valence-electron chi connectivity index (χ2n) is 4.87. The molecule has 4 nitrogen and oxygen atoms in total. The number of aliphatic hydroxyl groups is 1. The van der Waals surface area contributed by atoms with Crippen LogP contribution in [0.15, 0.2) is 41.2 Å². The molecule has 0 unspecified atom stereocenters. The van der Waals surface area contributed by atoms with E-state index < -0.39 is 0 Å². The molecule has 0 spiro atoms. The van der Waals surface area contributed by atoms with Gasteiger partial charge in [0.25, 0.3) is 5.56 Å². The molecule has 0 bridgehead atoms. The zero-order valence-corrected chi connectivity index (χ0v) is 12.0. The van der Waals surface area contributed by atoms with Gasteiger partial charge >= 0.3 is 0 Å². The smallest absolute Gasteiger partial charge is 0.256 e. The van der Waals surface area contributed by atoms with Crippen molar-refractivity contribution in [3.63, 3.8) is 0 Å². The van der Waals surface area contributed by atoms with E-state index in [4.69, 9.17) is 4.74 Å². The molecular weight excluding hydrogens is 254 g/mol. The predicted molar refractivity (Wildman–Crippen MR) is 79.0 cm³/mol. The van der Waals surface area contributed by atoms with Crippen LogP contribution in [-0.2, 0) is 6.61 Å². The zero-order chi connectivity index (χ0) is 14.7. The quantitative estimate of drug-likeness (QED) is 0.931. The molecule has 20 heavy (non-hydrogen) atoms. The van der Waals surface area contributed by atoms with Gasteiger partial charge in [0.15, 0.2) is 0 Å². The molecule has 4 heteroatoms. The Morgan fingerprint density at radius 2 is 1.90 bits per heavy atom. The summed E-state index contributed by atoms with van der Waals surface area (Å²) in [6, 6.07) is 11.1. The topological polar surface area (TPSA) is 51.5 Å². The molecule has 0 aliphatic carbocycles. The fourth-order valence-electron chi connectivity index (χ4n) is 2.30. The molecule has 2 rings (SSSR count). The van der Waals surface area contributed by atoms with Gasteiger partial charge in [-0.2, -0.15) is 0 Å². The van der Waals surface area contributed by atoms with Crippen LogP contribution < -0.4 is 10.3 Å². The summed E-state index contributed by atoms with van der Waals surface area (Å²) >= 11 is 0. The fraction of sp³-hybridized carbons (Fsp3) is 0.312. The van der Waals surface area contributed by atoms with E-state index in [-0.39, 0.29) is 18.2 Å². The molecule has 2 aromatic rings. The number of ether oxygens (including phenoxy) is 1. The van der Waals surface area contributed by atoms with Gasteiger partial charge in [0.05, 0.1) is 19.4 Å². The highest BCUT2D eigenvalue weighted by molar-refractivity contribution is 5.67. The maximum atomic E-state index is 12.4. The normalized spacial score (nSPS) is 10.8. The Labute approximate surface area is 118 Å². The lowest BCUT2D eigenvalue weighted by Gasteiger charge is -2.19. The Morgan fingerprint density at radius 1 is 1.20 bits per heavy atom. The summed E-state index contributed by atoms with van der Waals surface area (Å²) in [6.45, 7) is 3.64. The van der Waals surface area contributed by atoms with Gasteiger partial charge in [-0.1, -0.05) is 12.1 Å². The summed E-state index contributed by atoms with van der Waals surface area (Å²) in [7, 11) is 1.61. The second-order valence-corrected chi connectivity index (χ2v) is 4.87. The molecule has 1 N–H and O–H groups in total. The van der Waals surface area contributed by atoms with E-state index in [9.17, 15) is 9.90 Å². The molecule has 0 aliphatic rings. The summed E-state index contributed by atoms with van der Waals surface area (Å²) in [5.41, 5.74) is 1.90. The SMILES string of the molecule is COc1ccccc1-c1ccc(CO)c(=O)n1C(C)C. The van der Waals surface area contributed by atoms with Crippen molar-refractivity contribution in [2.24, 2.45) is 0 Å². The van der Waals surface area contributed by atoms with Crippen LogP contribution in [0, 0.1) is 0 Å². The zero-order valence-electron chi connectivity index (χ0n) is 12.0. The van der Waals surface area contributed by atoms with E-state index in [0.29, 0.717) is 5.56 Å². The van der Waals surface area contributed by atoms with Crippen molar-refractivity contribution < 1.29 is 9.84 Å². The highest BCUT2D eigenvalue weighted by Crippen LogP contribution is 2.30. The Hall–Kier alpha value is -2.07. The van der Waals surface area contributed by atoms with Gasteiger partial charge in [-0.15, -0.1) is 0 Å². The number of aliphatic hydroxyl groups excluding tert-OH is 1. The van der Waals surface area contributed by atoms with E-state index in [0.717, 1.165) is 17.0 Å². The van der Waals surface area contributed by atoms with E-state index in [1.807, 2.05) is 44.2 Å². The van der Waals surface area contributed by atoms with Crippen molar-refractivity contribution in [2.45, 2.75) is 26.5 Å². The third-order valence-corrected chi connectivity index (χ3v) is 3.27. The van der Waals surface area contributed by atoms with Crippen LogP contribution in [0.2, 0.25) is 0 Å². The fourth-order valence-corrected chi connectivity index (χ4v) is 2.30. The number of aromatic nitrogens is 1. The van der Waals surface area contributed by atoms with E-state index in [2.05, 4.69) is 0 Å². The average Bonchev–Trinajstić information content (AvgIpc) is 2.46. The second kappa shape index (κ2) is 5.92. The summed E-state index contributed by atoms with van der Waals surface area (Å²) in [5.74, 6) is 0.720. The average molecular weight is 273 g/mol. The Morgan fingerprint density at radius 3 is 2.50 bits per heavy atom. The minimum absolute atomic E-state index is 0.00564. The number of nitrogens with zero attached hydrogens (tertiary/aromatic N) is 1. The van der Waals surface area contributed by atoms with Gasteiger partial charge in [-0.05, 0) is 38.1 Å². The third-order valence-electron chi connectivity index (χ3n) is 3.27. The van der Waals surface area contributed by atoms with Crippen molar-refractivity contribution >= 4 is 0 Å². The maximum absolute atomic E-state index is 12.4. The monoisotopic (exact) mass is 273 g/mol. The first-order chi connectivity index (χ1) is 9.60. The lowest BCUT2D eigenvalue weighted by Crippen LogP contribution is -2.26. The minimum atomic E-state index is -0.252. The van der Waals surface area contributed by atoms with Gasteiger partial charge < -0.3 is 14.4 Å². The lowest BCUT2D eigenvalue weighted by atomic mass is 10.1. The van der Waals surface area contributed by atoms with Crippen LogP contribution in [0.3, 0.4) is 0 Å². The molecule has 1 aromatic heterocycles. The molecule has 0 amide bonds. The first kappa shape index (κ1) is 14.3. The van der Waals surface area contributed by atoms with Crippen molar-refractivity contribution in [3.8, 4) is 17.0 Å². The van der Waals surface area contributed by atoms with Crippen LogP contribution >= 0.6 is 0 Å². The largest absolute Gasteiger partial charge is 0.496 e. The van der Waals surface area contributed by atoms with E-state index in [1.165, 1.54) is 0 Å². The van der Waals surface area contributed by atoms with Crippen molar-refractivity contribution in [1.82, 2.24) is 4.57 Å². The molecular formula is C16H19NO3. The lowest BCUT2D eigenvalue weighted by molar-refractivity contribution is 0.279. The number of hydrogen-bond acceptors (Lipinski definition) is 3. The standard InChI is InChI=1S/C16H19NO3/c1-11(2)17-14(9-8-12(10-18)16(17)19)13-6-4-5-7-15(13)20-3/h4-9,11,18H,10H2,1-3H3. The van der Waals surface area contributed by atoms with Crippen LogP contribution in [0.4, 0.5) is 0 Å². The molecule has 1 aromatic carbocycles. The van der Waals surface area contributed by atoms with Crippen LogP contribution in [0.5, 0.6) is 5.75 Å². The van der Waals surface area contributed by atoms with Gasteiger partial charge in [0, 0.05) is 17.2 Å². The highest BCUT2D eigenvalue weighted by atomic mass is 16.5.